The summed E-state index contributed by atoms with van der Waals surface area (Å²) in [7, 11) is 2.82. The first-order valence-electron chi connectivity index (χ1n) is 3.52. The smallest absolute Gasteiger partial charge is 0.256 e. The van der Waals surface area contributed by atoms with Crippen molar-refractivity contribution in [2.24, 2.45) is 5.92 Å². The monoisotopic (exact) mass is 171 g/mol. The lowest BCUT2D eigenvalue weighted by Crippen LogP contribution is -2.34. The van der Waals surface area contributed by atoms with Crippen molar-refractivity contribution < 1.29 is 14.4 Å². The Hall–Kier alpha value is -1.16. The number of allylic oxidation sites excluding steroid dienone is 1. The van der Waals surface area contributed by atoms with Crippen LogP contribution in [0, 0.1) is 5.92 Å². The molecule has 0 saturated carbocycles. The minimum Gasteiger partial charge on any atom is -0.294 e. The lowest BCUT2D eigenvalue weighted by molar-refractivity contribution is -0.173. The van der Waals surface area contributed by atoms with Crippen molar-refractivity contribution in [2.75, 3.05) is 14.2 Å². The van der Waals surface area contributed by atoms with Crippen LogP contribution in [0.5, 0.6) is 0 Å². The van der Waals surface area contributed by atoms with Crippen molar-refractivity contribution in [3.63, 3.8) is 0 Å². The molecule has 0 radical (unpaired) electrons. The lowest BCUT2D eigenvalue weighted by Gasteiger charge is -2.16. The fourth-order valence-corrected chi connectivity index (χ4v) is 0.661. The van der Waals surface area contributed by atoms with Gasteiger partial charge in [0, 0.05) is 7.05 Å². The van der Waals surface area contributed by atoms with Gasteiger partial charge in [-0.15, -0.1) is 0 Å². The van der Waals surface area contributed by atoms with E-state index >= 15 is 0 Å². The predicted octanol–water partition coefficient (Wildman–Crippen LogP) is 0.397. The second-order valence-electron chi connectivity index (χ2n) is 2.35. The van der Waals surface area contributed by atoms with Gasteiger partial charge in [-0.05, 0) is 13.0 Å². The molecular formula is C8H13NO3. The minimum absolute atomic E-state index is 0.302. The average molecular weight is 171 g/mol. The average Bonchev–Trinajstić information content (AvgIpc) is 2.12. The van der Waals surface area contributed by atoms with Crippen molar-refractivity contribution >= 4 is 11.7 Å². The molecule has 0 unspecified atom stereocenters. The molecule has 0 fully saturated rings. The first-order valence-corrected chi connectivity index (χ1v) is 3.52. The molecule has 0 rings (SSSR count). The number of hydrogen-bond acceptors (Lipinski definition) is 3. The van der Waals surface area contributed by atoms with Crippen molar-refractivity contribution in [2.45, 2.75) is 6.92 Å². The third-order valence-electron chi connectivity index (χ3n) is 1.58. The van der Waals surface area contributed by atoms with Crippen molar-refractivity contribution in [1.82, 2.24) is 5.06 Å². The van der Waals surface area contributed by atoms with Gasteiger partial charge in [-0.3, -0.25) is 14.4 Å². The molecule has 0 saturated heterocycles. The fourth-order valence-electron chi connectivity index (χ4n) is 0.661. The molecule has 0 N–H and O–H groups in total. The highest BCUT2D eigenvalue weighted by Crippen LogP contribution is 2.02. The molecule has 0 aromatic heterocycles. The van der Waals surface area contributed by atoms with Gasteiger partial charge in [0.2, 0.25) is 0 Å². The number of rotatable bonds is 4. The Morgan fingerprint density at radius 3 is 2.42 bits per heavy atom. The number of carbonyl (C=O) groups excluding carboxylic acids is 2. The van der Waals surface area contributed by atoms with Gasteiger partial charge in [-0.2, -0.15) is 0 Å². The molecule has 1 amide bonds. The second-order valence-corrected chi connectivity index (χ2v) is 2.35. The number of nitrogens with zero attached hydrogens (tertiary/aromatic N) is 1. The third kappa shape index (κ3) is 2.47. The van der Waals surface area contributed by atoms with Gasteiger partial charge in [0.25, 0.3) is 5.91 Å². The molecule has 4 nitrogen and oxygen atoms in total. The largest absolute Gasteiger partial charge is 0.294 e. The molecule has 0 spiro atoms. The number of hydrogen-bond donors (Lipinski definition) is 0. The van der Waals surface area contributed by atoms with Crippen LogP contribution in [0.3, 0.4) is 0 Å². The van der Waals surface area contributed by atoms with Crippen molar-refractivity contribution in [3.8, 4) is 0 Å². The fraction of sp³-hybridized carbons (Fsp3) is 0.500. The molecule has 0 bridgehead atoms. The van der Waals surface area contributed by atoms with E-state index in [4.69, 9.17) is 0 Å². The Labute approximate surface area is 71.8 Å². The van der Waals surface area contributed by atoms with Crippen LogP contribution in [0.2, 0.25) is 0 Å². The topological polar surface area (TPSA) is 46.6 Å². The van der Waals surface area contributed by atoms with Crippen LogP contribution in [0.4, 0.5) is 0 Å². The molecule has 0 aliphatic rings. The van der Waals surface area contributed by atoms with E-state index in [0.717, 1.165) is 11.1 Å². The van der Waals surface area contributed by atoms with Gasteiger partial charge in [-0.1, -0.05) is 6.58 Å². The van der Waals surface area contributed by atoms with Gasteiger partial charge in [0.1, 0.15) is 5.92 Å². The summed E-state index contributed by atoms with van der Waals surface area (Å²) in [6.07, 6.45) is 1.13. The van der Waals surface area contributed by atoms with Crippen LogP contribution in [-0.2, 0) is 14.4 Å². The normalized spacial score (nSPS) is 11.9. The Balaban J connectivity index is 4.28. The second kappa shape index (κ2) is 4.66. The summed E-state index contributed by atoms with van der Waals surface area (Å²) in [6.45, 7) is 4.80. The highest BCUT2D eigenvalue weighted by molar-refractivity contribution is 6.05. The number of amides is 1. The molecule has 0 aromatic carbocycles. The summed E-state index contributed by atoms with van der Waals surface area (Å²) in [5, 5.41) is 1.02. The molecule has 0 heterocycles. The van der Waals surface area contributed by atoms with E-state index < -0.39 is 5.92 Å². The molecule has 0 aliphatic heterocycles. The first-order chi connectivity index (χ1) is 5.54. The minimum atomic E-state index is -0.715. The maximum absolute atomic E-state index is 11.2. The Kier molecular flexibility index (Phi) is 4.21. The zero-order chi connectivity index (χ0) is 9.72. The molecule has 12 heavy (non-hydrogen) atoms. The summed E-state index contributed by atoms with van der Waals surface area (Å²) in [4.78, 5) is 26.8. The van der Waals surface area contributed by atoms with Gasteiger partial charge in [-0.25, -0.2) is 5.06 Å². The summed E-state index contributed by atoms with van der Waals surface area (Å²) >= 11 is 0. The van der Waals surface area contributed by atoms with E-state index in [1.807, 2.05) is 0 Å². The van der Waals surface area contributed by atoms with E-state index in [-0.39, 0.29) is 11.7 Å². The number of hydroxylamine groups is 2. The van der Waals surface area contributed by atoms with Gasteiger partial charge in [0.15, 0.2) is 5.78 Å². The van der Waals surface area contributed by atoms with E-state index in [9.17, 15) is 9.59 Å². The molecular weight excluding hydrogens is 158 g/mol. The van der Waals surface area contributed by atoms with Gasteiger partial charge < -0.3 is 0 Å². The van der Waals surface area contributed by atoms with Crippen LogP contribution in [0.15, 0.2) is 12.7 Å². The zero-order valence-electron chi connectivity index (χ0n) is 7.53. The number of carbonyl (C=O) groups is 2. The van der Waals surface area contributed by atoms with Crippen LogP contribution in [-0.4, -0.2) is 30.9 Å². The van der Waals surface area contributed by atoms with E-state index in [0.29, 0.717) is 0 Å². The SMILES string of the molecule is C=CC(=O)[C@H](C)C(=O)N(C)OC. The molecule has 0 aromatic rings. The third-order valence-corrected chi connectivity index (χ3v) is 1.58. The molecule has 1 atom stereocenters. The van der Waals surface area contributed by atoms with Crippen molar-refractivity contribution in [1.29, 1.82) is 0 Å². The van der Waals surface area contributed by atoms with Crippen molar-refractivity contribution in [3.05, 3.63) is 12.7 Å². The lowest BCUT2D eigenvalue weighted by atomic mass is 10.1. The van der Waals surface area contributed by atoms with Crippen LogP contribution in [0.25, 0.3) is 0 Å². The Bertz CT molecular complexity index is 200. The Morgan fingerprint density at radius 2 is 2.08 bits per heavy atom. The first kappa shape index (κ1) is 10.8. The predicted molar refractivity (Wildman–Crippen MR) is 44.1 cm³/mol. The zero-order valence-corrected chi connectivity index (χ0v) is 7.53. The molecule has 0 aliphatic carbocycles. The molecule has 4 heteroatoms. The van der Waals surface area contributed by atoms with E-state index in [1.165, 1.54) is 21.1 Å². The summed E-state index contributed by atoms with van der Waals surface area (Å²) < 4.78 is 0. The van der Waals surface area contributed by atoms with Crippen LogP contribution < -0.4 is 0 Å². The number of ketones is 1. The maximum Gasteiger partial charge on any atom is 0.256 e. The van der Waals surface area contributed by atoms with Crippen LogP contribution in [0.1, 0.15) is 6.92 Å². The van der Waals surface area contributed by atoms with E-state index in [2.05, 4.69) is 11.4 Å². The summed E-state index contributed by atoms with van der Waals surface area (Å²) in [6, 6.07) is 0. The van der Waals surface area contributed by atoms with Gasteiger partial charge in [0.05, 0.1) is 7.11 Å². The standard InChI is InChI=1S/C8H13NO3/c1-5-7(10)6(2)8(11)9(3)12-4/h5-6H,1H2,2-4H3/t6-/m0/s1. The Morgan fingerprint density at radius 1 is 1.58 bits per heavy atom. The summed E-state index contributed by atoms with van der Waals surface area (Å²) in [5.74, 6) is -1.39. The van der Waals surface area contributed by atoms with Crippen LogP contribution >= 0.6 is 0 Å². The van der Waals surface area contributed by atoms with Gasteiger partial charge >= 0.3 is 0 Å². The maximum atomic E-state index is 11.2. The molecule has 68 valence electrons. The highest BCUT2D eigenvalue weighted by atomic mass is 16.7. The quantitative estimate of drug-likeness (QED) is 0.349. The summed E-state index contributed by atoms with van der Waals surface area (Å²) in [5.41, 5.74) is 0. The van der Waals surface area contributed by atoms with E-state index in [1.54, 1.807) is 0 Å². The highest BCUT2D eigenvalue weighted by Gasteiger charge is 2.22.